The third kappa shape index (κ3) is 5.03. The van der Waals surface area contributed by atoms with Crippen LogP contribution < -0.4 is 15.4 Å². The predicted molar refractivity (Wildman–Crippen MR) is 87.8 cm³/mol. The Balaban J connectivity index is 1.86. The molecule has 3 N–H and O–H groups in total. The van der Waals surface area contributed by atoms with Crippen molar-refractivity contribution in [1.29, 1.82) is 0 Å². The Morgan fingerprint density at radius 2 is 2.22 bits per heavy atom. The van der Waals surface area contributed by atoms with Gasteiger partial charge in [-0.3, -0.25) is 0 Å². The summed E-state index contributed by atoms with van der Waals surface area (Å²) in [5.41, 5.74) is 0.519. The molecule has 0 saturated heterocycles. The summed E-state index contributed by atoms with van der Waals surface area (Å²) in [5.74, 6) is 0.901. The summed E-state index contributed by atoms with van der Waals surface area (Å²) in [5, 5.41) is 15.7. The highest BCUT2D eigenvalue weighted by atomic mass is 16.6. The molecular formula is C17H26N2O4. The molecule has 2 atom stereocenters. The number of amides is 1. The second-order valence-electron chi connectivity index (χ2n) is 6.75. The van der Waals surface area contributed by atoms with Crippen LogP contribution in [0, 0.1) is 0 Å². The molecule has 1 heterocycles. The zero-order chi connectivity index (χ0) is 17.0. The second-order valence-corrected chi connectivity index (χ2v) is 6.75. The van der Waals surface area contributed by atoms with E-state index in [1.807, 2.05) is 33.8 Å². The van der Waals surface area contributed by atoms with Crippen LogP contribution in [0.1, 0.15) is 45.7 Å². The van der Waals surface area contributed by atoms with Gasteiger partial charge in [-0.05, 0) is 39.3 Å². The molecule has 1 aliphatic rings. The number of phenolic OH excluding ortho intramolecular Hbond substituents is 1. The minimum absolute atomic E-state index is 0.0222. The van der Waals surface area contributed by atoms with E-state index < -0.39 is 11.7 Å². The normalized spacial score (nSPS) is 18.0. The molecule has 0 radical (unpaired) electrons. The topological polar surface area (TPSA) is 79.8 Å². The van der Waals surface area contributed by atoms with E-state index in [1.54, 1.807) is 12.1 Å². The van der Waals surface area contributed by atoms with E-state index in [1.165, 1.54) is 0 Å². The van der Waals surface area contributed by atoms with Crippen LogP contribution in [0.4, 0.5) is 4.79 Å². The van der Waals surface area contributed by atoms with Crippen LogP contribution in [-0.2, 0) is 4.74 Å². The van der Waals surface area contributed by atoms with Crippen molar-refractivity contribution in [2.45, 2.75) is 51.8 Å². The first-order valence-corrected chi connectivity index (χ1v) is 7.97. The summed E-state index contributed by atoms with van der Waals surface area (Å²) in [6.07, 6.45) is 0.390. The molecule has 0 bridgehead atoms. The number of hydrogen-bond acceptors (Lipinski definition) is 5. The monoisotopic (exact) mass is 322 g/mol. The molecule has 6 nitrogen and oxygen atoms in total. The Morgan fingerprint density at radius 3 is 2.87 bits per heavy atom. The fraction of sp³-hybridized carbons (Fsp3) is 0.588. The summed E-state index contributed by atoms with van der Waals surface area (Å²) < 4.78 is 10.9. The number of rotatable bonds is 5. The van der Waals surface area contributed by atoms with E-state index in [2.05, 4.69) is 10.6 Å². The minimum Gasteiger partial charge on any atom is -0.508 e. The van der Waals surface area contributed by atoms with Gasteiger partial charge in [-0.1, -0.05) is 6.92 Å². The Morgan fingerprint density at radius 1 is 1.48 bits per heavy atom. The van der Waals surface area contributed by atoms with E-state index in [-0.39, 0.29) is 17.8 Å². The molecule has 2 rings (SSSR count). The molecule has 0 saturated carbocycles. The third-order valence-corrected chi connectivity index (χ3v) is 3.60. The van der Waals surface area contributed by atoms with Gasteiger partial charge in [0, 0.05) is 24.2 Å². The first kappa shape index (κ1) is 17.4. The molecular weight excluding hydrogens is 296 g/mol. The van der Waals surface area contributed by atoms with Gasteiger partial charge >= 0.3 is 6.09 Å². The van der Waals surface area contributed by atoms with Crippen LogP contribution in [0.25, 0.3) is 0 Å². The summed E-state index contributed by atoms with van der Waals surface area (Å²) in [7, 11) is 0. The van der Waals surface area contributed by atoms with Gasteiger partial charge in [-0.15, -0.1) is 0 Å². The van der Waals surface area contributed by atoms with E-state index in [0.717, 1.165) is 12.0 Å². The molecule has 0 aliphatic carbocycles. The zero-order valence-electron chi connectivity index (χ0n) is 14.2. The molecule has 1 aromatic rings. The first-order chi connectivity index (χ1) is 10.8. The number of phenols is 1. The van der Waals surface area contributed by atoms with E-state index in [4.69, 9.17) is 9.47 Å². The van der Waals surface area contributed by atoms with Gasteiger partial charge in [-0.2, -0.15) is 0 Å². The van der Waals surface area contributed by atoms with Crippen LogP contribution in [-0.4, -0.2) is 36.0 Å². The van der Waals surface area contributed by atoms with Crippen molar-refractivity contribution in [3.05, 3.63) is 23.8 Å². The van der Waals surface area contributed by atoms with Crippen molar-refractivity contribution >= 4 is 6.09 Å². The Bertz CT molecular complexity index is 554. The predicted octanol–water partition coefficient (Wildman–Crippen LogP) is 2.72. The van der Waals surface area contributed by atoms with Gasteiger partial charge < -0.3 is 25.2 Å². The van der Waals surface area contributed by atoms with Crippen molar-refractivity contribution in [2.75, 3.05) is 13.2 Å². The fourth-order valence-corrected chi connectivity index (χ4v) is 2.42. The highest BCUT2D eigenvalue weighted by Gasteiger charge is 2.25. The van der Waals surface area contributed by atoms with Crippen LogP contribution in [0.15, 0.2) is 18.2 Å². The smallest absolute Gasteiger partial charge is 0.407 e. The second kappa shape index (κ2) is 7.08. The Hall–Kier alpha value is -1.95. The summed E-state index contributed by atoms with van der Waals surface area (Å²) in [4.78, 5) is 11.8. The van der Waals surface area contributed by atoms with Gasteiger partial charge in [0.15, 0.2) is 0 Å². The summed E-state index contributed by atoms with van der Waals surface area (Å²) >= 11 is 0. The lowest BCUT2D eigenvalue weighted by Gasteiger charge is -2.24. The first-order valence-electron chi connectivity index (χ1n) is 7.97. The van der Waals surface area contributed by atoms with Crippen LogP contribution in [0.5, 0.6) is 11.5 Å². The molecule has 128 valence electrons. The number of alkyl carbamates (subject to hydrolysis) is 1. The molecule has 2 unspecified atom stereocenters. The highest BCUT2D eigenvalue weighted by molar-refractivity contribution is 5.68. The van der Waals surface area contributed by atoms with Crippen molar-refractivity contribution in [2.24, 2.45) is 0 Å². The van der Waals surface area contributed by atoms with Crippen molar-refractivity contribution in [1.82, 2.24) is 10.6 Å². The molecule has 0 spiro atoms. The Kier molecular flexibility index (Phi) is 5.36. The molecule has 0 aromatic heterocycles. The number of fused-ring (bicyclic) bond motifs is 1. The van der Waals surface area contributed by atoms with Crippen LogP contribution in [0.3, 0.4) is 0 Å². The van der Waals surface area contributed by atoms with Crippen molar-refractivity contribution in [3.8, 4) is 11.5 Å². The number of aromatic hydroxyl groups is 1. The van der Waals surface area contributed by atoms with Gasteiger partial charge in [-0.25, -0.2) is 4.79 Å². The summed E-state index contributed by atoms with van der Waals surface area (Å²) in [6.45, 7) is 8.67. The van der Waals surface area contributed by atoms with Gasteiger partial charge in [0.25, 0.3) is 0 Å². The minimum atomic E-state index is -0.504. The molecule has 1 aliphatic heterocycles. The number of ether oxygens (including phenoxy) is 2. The molecule has 23 heavy (non-hydrogen) atoms. The lowest BCUT2D eigenvalue weighted by molar-refractivity contribution is 0.0501. The molecule has 1 amide bonds. The summed E-state index contributed by atoms with van der Waals surface area (Å²) in [6, 6.07) is 5.16. The van der Waals surface area contributed by atoms with Crippen molar-refractivity contribution in [3.63, 3.8) is 0 Å². The maximum Gasteiger partial charge on any atom is 0.407 e. The number of carbonyl (C=O) groups is 1. The fourth-order valence-electron chi connectivity index (χ4n) is 2.42. The van der Waals surface area contributed by atoms with E-state index in [0.29, 0.717) is 18.9 Å². The standard InChI is InChI=1S/C17H26N2O4/c1-5-11(19-16(21)23-17(2,3)4)9-18-14-10-22-15-8-12(20)6-7-13(14)15/h6-8,11,14,18,20H,5,9-10H2,1-4H3,(H,19,21). The molecule has 1 aromatic carbocycles. The SMILES string of the molecule is CCC(CNC1COc2cc(O)ccc21)NC(=O)OC(C)(C)C. The maximum atomic E-state index is 11.8. The number of carbonyl (C=O) groups excluding carboxylic acids is 1. The zero-order valence-corrected chi connectivity index (χ0v) is 14.2. The lowest BCUT2D eigenvalue weighted by atomic mass is 10.1. The molecule has 0 fully saturated rings. The van der Waals surface area contributed by atoms with E-state index >= 15 is 0 Å². The van der Waals surface area contributed by atoms with Gasteiger partial charge in [0.2, 0.25) is 0 Å². The van der Waals surface area contributed by atoms with Crippen LogP contribution >= 0.6 is 0 Å². The number of nitrogens with one attached hydrogen (secondary N) is 2. The van der Waals surface area contributed by atoms with E-state index in [9.17, 15) is 9.90 Å². The van der Waals surface area contributed by atoms with Gasteiger partial charge in [0.05, 0.1) is 6.04 Å². The number of benzene rings is 1. The highest BCUT2D eigenvalue weighted by Crippen LogP contribution is 2.34. The Labute approximate surface area is 137 Å². The largest absolute Gasteiger partial charge is 0.508 e. The number of hydrogen-bond donors (Lipinski definition) is 3. The third-order valence-electron chi connectivity index (χ3n) is 3.60. The average Bonchev–Trinajstić information content (AvgIpc) is 2.83. The van der Waals surface area contributed by atoms with Crippen molar-refractivity contribution < 1.29 is 19.4 Å². The van der Waals surface area contributed by atoms with Crippen LogP contribution in [0.2, 0.25) is 0 Å². The maximum absolute atomic E-state index is 11.8. The molecule has 6 heteroatoms. The van der Waals surface area contributed by atoms with Gasteiger partial charge in [0.1, 0.15) is 23.7 Å². The lowest BCUT2D eigenvalue weighted by Crippen LogP contribution is -2.44. The quantitative estimate of drug-likeness (QED) is 0.777. The average molecular weight is 322 g/mol.